The highest BCUT2D eigenvalue weighted by Crippen LogP contribution is 2.55. The molecular formula is C63H79FN6O15. The van der Waals surface area contributed by atoms with E-state index in [9.17, 15) is 54.6 Å². The van der Waals surface area contributed by atoms with Gasteiger partial charge in [0.25, 0.3) is 17.2 Å². The Labute approximate surface area is 492 Å². The largest absolute Gasteiger partial charge is 0.507 e. The number of aromatic carboxylic acids is 1. The molecule has 0 spiro atoms. The van der Waals surface area contributed by atoms with E-state index in [-0.39, 0.29) is 67.9 Å². The number of allylic oxidation sites excluding steroid dienone is 2. The van der Waals surface area contributed by atoms with Crippen LogP contribution in [0.4, 0.5) is 15.8 Å². The number of methoxy groups -OCH3 is 1. The summed E-state index contributed by atoms with van der Waals surface area (Å²) in [4.78, 5) is 70.9. The Balaban J connectivity index is 0.985. The van der Waals surface area contributed by atoms with Crippen molar-refractivity contribution in [1.82, 2.24) is 14.3 Å². The van der Waals surface area contributed by atoms with Crippen LogP contribution in [-0.2, 0) is 23.8 Å². The summed E-state index contributed by atoms with van der Waals surface area (Å²) in [5.41, 5.74) is 0.634. The number of anilines is 2. The van der Waals surface area contributed by atoms with Gasteiger partial charge in [-0.3, -0.25) is 28.6 Å². The maximum absolute atomic E-state index is 16.1. The first-order valence-corrected chi connectivity index (χ1v) is 29.1. The second-order valence-electron chi connectivity index (χ2n) is 24.2. The van der Waals surface area contributed by atoms with Crippen molar-refractivity contribution < 1.29 is 73.2 Å². The van der Waals surface area contributed by atoms with Crippen molar-refractivity contribution in [2.75, 3.05) is 57.1 Å². The van der Waals surface area contributed by atoms with Crippen molar-refractivity contribution in [3.8, 4) is 23.0 Å². The molecule has 4 aromatic rings. The highest BCUT2D eigenvalue weighted by atomic mass is 19.1. The third kappa shape index (κ3) is 11.8. The Hall–Kier alpha value is -7.53. The smallest absolute Gasteiger partial charge is 0.341 e. The molecule has 85 heavy (non-hydrogen) atoms. The van der Waals surface area contributed by atoms with Gasteiger partial charge in [-0.15, -0.1) is 0 Å². The summed E-state index contributed by atoms with van der Waals surface area (Å²) in [6, 6.07) is 1.60. The number of esters is 1. The number of benzene rings is 2. The Bertz CT molecular complexity index is 3510. The molecule has 2 saturated heterocycles. The minimum Gasteiger partial charge on any atom is -0.507 e. The molecule has 22 heteroatoms. The first-order chi connectivity index (χ1) is 40.2. The number of phenolic OH excluding ortho intramolecular Hbond substituents is 3. The van der Waals surface area contributed by atoms with Gasteiger partial charge in [0.15, 0.2) is 11.6 Å². The number of aromatic nitrogens is 1. The number of carboxylic acids is 1. The summed E-state index contributed by atoms with van der Waals surface area (Å²) in [6.45, 7) is 17.1. The van der Waals surface area contributed by atoms with Gasteiger partial charge in [0.05, 0.1) is 70.4 Å². The van der Waals surface area contributed by atoms with Crippen LogP contribution >= 0.6 is 0 Å². The lowest BCUT2D eigenvalue weighted by atomic mass is 9.78. The maximum Gasteiger partial charge on any atom is 0.341 e. The molecule has 21 nitrogen and oxygen atoms in total. The summed E-state index contributed by atoms with van der Waals surface area (Å²) in [7, 11) is 3.48. The number of carbonyl (C=O) groups excluding carboxylic acids is 3. The van der Waals surface area contributed by atoms with E-state index in [0.29, 0.717) is 55.8 Å². The topological polar surface area (TPSA) is 282 Å². The molecule has 2 aromatic heterocycles. The summed E-state index contributed by atoms with van der Waals surface area (Å²) < 4.78 is 41.1. The molecule has 7 heterocycles. The van der Waals surface area contributed by atoms with Crippen LogP contribution in [0.3, 0.4) is 0 Å². The molecule has 1 amide bonds. The number of Topliss-reactive ketones (excluding diaryl/α,β-unsaturated/α-hetero) is 1. The zero-order chi connectivity index (χ0) is 61.8. The Morgan fingerprint density at radius 1 is 0.918 bits per heavy atom. The van der Waals surface area contributed by atoms with Crippen molar-refractivity contribution in [3.05, 3.63) is 98.0 Å². The number of ether oxygens (including phenoxy) is 4. The van der Waals surface area contributed by atoms with Gasteiger partial charge in [-0.2, -0.15) is 5.10 Å². The van der Waals surface area contributed by atoms with Gasteiger partial charge in [0.2, 0.25) is 0 Å². The van der Waals surface area contributed by atoms with Crippen LogP contribution in [0.1, 0.15) is 129 Å². The van der Waals surface area contributed by atoms with Gasteiger partial charge >= 0.3 is 17.7 Å². The molecule has 2 aromatic carbocycles. The van der Waals surface area contributed by atoms with Crippen LogP contribution in [0.5, 0.6) is 23.0 Å². The van der Waals surface area contributed by atoms with E-state index in [1.165, 1.54) is 65.5 Å². The van der Waals surface area contributed by atoms with Gasteiger partial charge in [-0.1, -0.05) is 45.9 Å². The van der Waals surface area contributed by atoms with Gasteiger partial charge in [-0.05, 0) is 95.0 Å². The van der Waals surface area contributed by atoms with E-state index in [0.717, 1.165) is 42.0 Å². The van der Waals surface area contributed by atoms with E-state index in [2.05, 4.69) is 17.3 Å². The molecule has 1 unspecified atom stereocenters. The monoisotopic (exact) mass is 1180 g/mol. The number of halogens is 1. The number of carbonyl (C=O) groups is 4. The number of hydrazone groups is 1. The quantitative estimate of drug-likeness (QED) is 0.0347. The van der Waals surface area contributed by atoms with Crippen molar-refractivity contribution in [2.45, 2.75) is 137 Å². The molecule has 3 fully saturated rings. The average Bonchev–Trinajstić information content (AvgIpc) is 1.78. The Kier molecular flexibility index (Phi) is 17.8. The van der Waals surface area contributed by atoms with E-state index in [1.807, 2.05) is 4.90 Å². The molecule has 6 aliphatic rings. The molecule has 5 bridgehead atoms. The fraction of sp³-hybridized carbons (Fsp3) is 0.524. The third-order valence-electron chi connectivity index (χ3n) is 18.3. The Morgan fingerprint density at radius 2 is 1.61 bits per heavy atom. The van der Waals surface area contributed by atoms with Crippen molar-refractivity contribution in [2.24, 2.45) is 34.7 Å². The zero-order valence-corrected chi connectivity index (χ0v) is 50.0. The standard InChI is InChI=1S/C63H79FN6O15/c1-30-13-12-14-31(2)60(78)66-49-43(26-65-69-22-18-40(19-23-69)67(10)27-38-17-21-68(28-38)51-33(4)50-41(39-15-16-39)25-42(62(80)81)61(79)70(50)29-44(51)64)55(75)46-47(56(49)76)54(74)36(7)58-48(46)59(77)63(9,85-58)83-24-20-45(82-11)32(3)57(84-37(8)71)35(6)53(73)34(5)52(30)72/h12-14,20,24-26,29-30,32,34-35,38-40,45,52-53,57,72-76H,15-19,21-23,27-28H2,1-11H3,(H,66,78)(H,80,81)/b13-12+,24-20+,31-14-,65-26-/t30-,32+,34+,35+,38?,45-,52-,53+,57+,63-/m0/s1. The van der Waals surface area contributed by atoms with Crippen LogP contribution in [-0.4, -0.2) is 158 Å². The number of carboxylic acid groups (broad SMARTS) is 1. The molecule has 1 aliphatic carbocycles. The average molecular weight is 1180 g/mol. The number of phenols is 3. The number of amides is 1. The second kappa shape index (κ2) is 24.4. The molecule has 10 rings (SSSR count). The molecule has 7 N–H and O–H groups in total. The van der Waals surface area contributed by atoms with Crippen LogP contribution < -0.4 is 20.5 Å². The zero-order valence-electron chi connectivity index (χ0n) is 50.0. The lowest BCUT2D eigenvalue weighted by Crippen LogP contribution is -2.46. The molecule has 5 aliphatic heterocycles. The number of ketones is 1. The highest BCUT2D eigenvalue weighted by molar-refractivity contribution is 6.24. The highest BCUT2D eigenvalue weighted by Gasteiger charge is 2.50. The number of rotatable bonds is 10. The number of nitrogens with one attached hydrogen (secondary N) is 1. The molecular weight excluding hydrogens is 1100 g/mol. The number of aliphatic hydroxyl groups is 2. The van der Waals surface area contributed by atoms with E-state index < -0.39 is 106 Å². The summed E-state index contributed by atoms with van der Waals surface area (Å²) >= 11 is 0. The predicted molar refractivity (Wildman–Crippen MR) is 316 cm³/mol. The van der Waals surface area contributed by atoms with Crippen LogP contribution in [0.25, 0.3) is 16.3 Å². The summed E-state index contributed by atoms with van der Waals surface area (Å²) in [5, 5.41) is 78.1. The third-order valence-corrected chi connectivity index (χ3v) is 18.3. The summed E-state index contributed by atoms with van der Waals surface area (Å²) in [6.07, 6.45) is 9.65. The SMILES string of the molecule is CO[C@H]1/C=C/O[C@@]2(C)Oc3c(C)c(O)c4c(O)c(c(/C=N\N5CCC(N(C)CC6CCN(c7c(F)cn8c(=O)c(C(=O)O)cc(C9CC9)c8c7C)C6)CC5)c(O)c4c3C2=O)NC(=O)/C(C)=C\C=C\[C@H](C)[C@H](O)[C@@H](C)[C@@H](O)[C@@H](C)[C@H](OC(C)=O)[C@@H]1C. The van der Waals surface area contributed by atoms with Crippen molar-refractivity contribution in [3.63, 3.8) is 0 Å². The number of nitrogens with zero attached hydrogens (tertiary/aromatic N) is 5. The lowest BCUT2D eigenvalue weighted by molar-refractivity contribution is -0.160. The summed E-state index contributed by atoms with van der Waals surface area (Å²) in [5.74, 6) is -10.5. The minimum atomic E-state index is -2.11. The number of fused-ring (bicyclic) bond motifs is 15. The van der Waals surface area contributed by atoms with Crippen molar-refractivity contribution >= 4 is 57.5 Å². The van der Waals surface area contributed by atoms with Gasteiger partial charge < -0.3 is 64.7 Å². The maximum atomic E-state index is 16.1. The number of aliphatic hydroxyl groups excluding tert-OH is 2. The fourth-order valence-corrected chi connectivity index (χ4v) is 13.1. The number of aryl methyl sites for hydroxylation is 1. The number of hydrogen-bond donors (Lipinski definition) is 7. The first kappa shape index (κ1) is 62.0. The number of hydrogen-bond acceptors (Lipinski definition) is 18. The first-order valence-electron chi connectivity index (χ1n) is 29.1. The number of pyridine rings is 2. The van der Waals surface area contributed by atoms with E-state index in [1.54, 1.807) is 51.8 Å². The van der Waals surface area contributed by atoms with Gasteiger partial charge in [0.1, 0.15) is 28.9 Å². The van der Waals surface area contributed by atoms with Crippen LogP contribution in [0.2, 0.25) is 0 Å². The second-order valence-corrected chi connectivity index (χ2v) is 24.2. The predicted octanol–water partition coefficient (Wildman–Crippen LogP) is 7.65. The number of aromatic hydroxyl groups is 3. The molecule has 10 atom stereocenters. The van der Waals surface area contributed by atoms with Crippen LogP contribution in [0.15, 0.2) is 58.3 Å². The fourth-order valence-electron chi connectivity index (χ4n) is 13.1. The van der Waals surface area contributed by atoms with Crippen LogP contribution in [0, 0.1) is 49.3 Å². The normalized spacial score (nSPS) is 28.7. The molecule has 1 saturated carbocycles. The van der Waals surface area contributed by atoms with E-state index in [4.69, 9.17) is 24.0 Å². The van der Waals surface area contributed by atoms with Gasteiger partial charge in [0, 0.05) is 99.9 Å². The Morgan fingerprint density at radius 3 is 2.26 bits per heavy atom. The number of piperidine rings is 1. The lowest BCUT2D eigenvalue weighted by Gasteiger charge is -2.38. The molecule has 458 valence electrons. The minimum absolute atomic E-state index is 0.0188. The molecule has 0 radical (unpaired) electrons. The van der Waals surface area contributed by atoms with Crippen molar-refractivity contribution in [1.29, 1.82) is 0 Å². The van der Waals surface area contributed by atoms with Gasteiger partial charge in [-0.25, -0.2) is 9.18 Å². The van der Waals surface area contributed by atoms with E-state index >= 15 is 4.39 Å².